The Kier molecular flexibility index (Phi) is 5.59. The van der Waals surface area contributed by atoms with Gasteiger partial charge in [0.05, 0.1) is 0 Å². The minimum atomic E-state index is -0.269. The zero-order chi connectivity index (χ0) is 20.3. The molecule has 0 aliphatic carbocycles. The average Bonchev–Trinajstić information content (AvgIpc) is 3.12. The van der Waals surface area contributed by atoms with Gasteiger partial charge >= 0.3 is 0 Å². The lowest BCUT2D eigenvalue weighted by atomic mass is 9.87. The first-order valence-corrected chi connectivity index (χ1v) is 9.43. The topological polar surface area (TPSA) is 51.5 Å². The molecule has 2 aromatic carbocycles. The first kappa shape index (κ1) is 19.7. The number of benzene rings is 2. The maximum Gasteiger partial charge on any atom is 0.291 e. The quantitative estimate of drug-likeness (QED) is 0.591. The standard InChI is InChI=1S/C24H27NO3/c1-16-6-7-17(2)21(14-16)25-23(26)22-13-12-20(28-22)15-27-19-10-8-18(9-11-19)24(3,4)5/h6-14H,15H2,1-5H3,(H,25,26). The molecule has 0 radical (unpaired) electrons. The summed E-state index contributed by atoms with van der Waals surface area (Å²) in [5.41, 5.74) is 4.25. The molecule has 3 rings (SSSR count). The number of carbonyl (C=O) groups is 1. The highest BCUT2D eigenvalue weighted by Crippen LogP contribution is 2.25. The molecular weight excluding hydrogens is 350 g/mol. The Hall–Kier alpha value is -3.01. The molecule has 0 fully saturated rings. The van der Waals surface area contributed by atoms with Crippen LogP contribution < -0.4 is 10.1 Å². The Morgan fingerprint density at radius 3 is 2.39 bits per heavy atom. The summed E-state index contributed by atoms with van der Waals surface area (Å²) < 4.78 is 11.4. The fourth-order valence-corrected chi connectivity index (χ4v) is 2.84. The SMILES string of the molecule is Cc1ccc(C)c(NC(=O)c2ccc(COc3ccc(C(C)(C)C)cc3)o2)c1. The van der Waals surface area contributed by atoms with Crippen LogP contribution in [-0.2, 0) is 12.0 Å². The smallest absolute Gasteiger partial charge is 0.291 e. The molecule has 0 atom stereocenters. The van der Waals surface area contributed by atoms with Gasteiger partial charge in [-0.1, -0.05) is 45.0 Å². The second-order valence-corrected chi connectivity index (χ2v) is 8.10. The molecule has 1 heterocycles. The third-order valence-corrected chi connectivity index (χ3v) is 4.63. The number of furan rings is 1. The van der Waals surface area contributed by atoms with E-state index in [4.69, 9.17) is 9.15 Å². The summed E-state index contributed by atoms with van der Waals surface area (Å²) in [5.74, 6) is 1.37. The van der Waals surface area contributed by atoms with E-state index in [0.717, 1.165) is 22.6 Å². The molecule has 0 unspecified atom stereocenters. The zero-order valence-corrected chi connectivity index (χ0v) is 17.1. The van der Waals surface area contributed by atoms with Gasteiger partial charge in [-0.25, -0.2) is 0 Å². The van der Waals surface area contributed by atoms with Crippen LogP contribution in [0.25, 0.3) is 0 Å². The third-order valence-electron chi connectivity index (χ3n) is 4.63. The molecule has 1 amide bonds. The van der Waals surface area contributed by atoms with Gasteiger partial charge in [0.25, 0.3) is 5.91 Å². The Morgan fingerprint density at radius 1 is 1.00 bits per heavy atom. The van der Waals surface area contributed by atoms with E-state index in [1.54, 1.807) is 12.1 Å². The van der Waals surface area contributed by atoms with Crippen molar-refractivity contribution in [2.45, 2.75) is 46.6 Å². The Labute approximate surface area is 166 Å². The van der Waals surface area contributed by atoms with Gasteiger partial charge < -0.3 is 14.5 Å². The monoisotopic (exact) mass is 377 g/mol. The Balaban J connectivity index is 1.61. The van der Waals surface area contributed by atoms with Crippen LogP contribution in [0.5, 0.6) is 5.75 Å². The number of carbonyl (C=O) groups excluding carboxylic acids is 1. The summed E-state index contributed by atoms with van der Waals surface area (Å²) in [6.07, 6.45) is 0. The maximum absolute atomic E-state index is 12.5. The second kappa shape index (κ2) is 7.93. The number of aryl methyl sites for hydroxylation is 2. The van der Waals surface area contributed by atoms with E-state index >= 15 is 0 Å². The molecule has 3 aromatic rings. The highest BCUT2D eigenvalue weighted by molar-refractivity contribution is 6.02. The van der Waals surface area contributed by atoms with Gasteiger partial charge in [0, 0.05) is 5.69 Å². The van der Waals surface area contributed by atoms with Crippen molar-refractivity contribution in [2.75, 3.05) is 5.32 Å². The van der Waals surface area contributed by atoms with Crippen LogP contribution in [0.3, 0.4) is 0 Å². The average molecular weight is 377 g/mol. The number of rotatable bonds is 5. The van der Waals surface area contributed by atoms with Crippen molar-refractivity contribution in [2.24, 2.45) is 0 Å². The van der Waals surface area contributed by atoms with Crippen molar-refractivity contribution in [3.63, 3.8) is 0 Å². The molecule has 0 saturated carbocycles. The second-order valence-electron chi connectivity index (χ2n) is 8.10. The van der Waals surface area contributed by atoms with Crippen LogP contribution in [0.15, 0.2) is 59.0 Å². The molecule has 0 saturated heterocycles. The molecule has 28 heavy (non-hydrogen) atoms. The molecule has 1 N–H and O–H groups in total. The number of hydrogen-bond donors (Lipinski definition) is 1. The molecule has 0 aliphatic heterocycles. The lowest BCUT2D eigenvalue weighted by Gasteiger charge is -2.19. The minimum Gasteiger partial charge on any atom is -0.486 e. The van der Waals surface area contributed by atoms with Crippen molar-refractivity contribution in [1.82, 2.24) is 0 Å². The van der Waals surface area contributed by atoms with E-state index in [1.807, 2.05) is 44.2 Å². The summed E-state index contributed by atoms with van der Waals surface area (Å²) in [4.78, 5) is 12.5. The molecular formula is C24H27NO3. The van der Waals surface area contributed by atoms with Crippen molar-refractivity contribution in [3.05, 3.63) is 82.8 Å². The molecule has 4 heteroatoms. The van der Waals surface area contributed by atoms with Crippen LogP contribution in [0.1, 0.15) is 53.8 Å². The zero-order valence-electron chi connectivity index (χ0n) is 17.1. The van der Waals surface area contributed by atoms with Gasteiger partial charge in [-0.2, -0.15) is 0 Å². The lowest BCUT2D eigenvalue weighted by Crippen LogP contribution is -2.12. The predicted octanol–water partition coefficient (Wildman–Crippen LogP) is 6.03. The summed E-state index contributed by atoms with van der Waals surface area (Å²) in [7, 11) is 0. The van der Waals surface area contributed by atoms with Crippen molar-refractivity contribution in [3.8, 4) is 5.75 Å². The van der Waals surface area contributed by atoms with Gasteiger partial charge in [-0.05, 0) is 66.3 Å². The van der Waals surface area contributed by atoms with Gasteiger partial charge in [0.1, 0.15) is 18.1 Å². The van der Waals surface area contributed by atoms with Crippen molar-refractivity contribution >= 4 is 11.6 Å². The number of nitrogens with one attached hydrogen (secondary N) is 1. The van der Waals surface area contributed by atoms with Crippen molar-refractivity contribution in [1.29, 1.82) is 0 Å². The highest BCUT2D eigenvalue weighted by Gasteiger charge is 2.14. The van der Waals surface area contributed by atoms with E-state index in [0.29, 0.717) is 5.76 Å². The van der Waals surface area contributed by atoms with Crippen LogP contribution >= 0.6 is 0 Å². The number of ether oxygens (including phenoxy) is 1. The molecule has 0 bridgehead atoms. The molecule has 4 nitrogen and oxygen atoms in total. The first-order chi connectivity index (χ1) is 13.2. The number of hydrogen-bond acceptors (Lipinski definition) is 3. The van der Waals surface area contributed by atoms with Gasteiger partial charge in [-0.15, -0.1) is 0 Å². The Morgan fingerprint density at radius 2 is 1.71 bits per heavy atom. The van der Waals surface area contributed by atoms with E-state index in [2.05, 4.69) is 38.2 Å². The van der Waals surface area contributed by atoms with E-state index in [1.165, 1.54) is 5.56 Å². The fourth-order valence-electron chi connectivity index (χ4n) is 2.84. The van der Waals surface area contributed by atoms with Crippen LogP contribution in [-0.4, -0.2) is 5.91 Å². The molecule has 146 valence electrons. The van der Waals surface area contributed by atoms with Gasteiger partial charge in [0.15, 0.2) is 5.76 Å². The summed E-state index contributed by atoms with van der Waals surface area (Å²) in [6.45, 7) is 10.8. The van der Waals surface area contributed by atoms with E-state index in [-0.39, 0.29) is 23.7 Å². The summed E-state index contributed by atoms with van der Waals surface area (Å²) in [5, 5.41) is 2.90. The van der Waals surface area contributed by atoms with E-state index < -0.39 is 0 Å². The Bertz CT molecular complexity index is 962. The molecule has 1 aromatic heterocycles. The van der Waals surface area contributed by atoms with Crippen LogP contribution in [0.2, 0.25) is 0 Å². The lowest BCUT2D eigenvalue weighted by molar-refractivity contribution is 0.0992. The van der Waals surface area contributed by atoms with Crippen molar-refractivity contribution < 1.29 is 13.9 Å². The van der Waals surface area contributed by atoms with E-state index in [9.17, 15) is 4.79 Å². The summed E-state index contributed by atoms with van der Waals surface area (Å²) >= 11 is 0. The first-order valence-electron chi connectivity index (χ1n) is 9.43. The maximum atomic E-state index is 12.5. The van der Waals surface area contributed by atoms with Gasteiger partial charge in [-0.3, -0.25) is 4.79 Å². The molecule has 0 aliphatic rings. The predicted molar refractivity (Wildman–Crippen MR) is 112 cm³/mol. The number of anilines is 1. The third kappa shape index (κ3) is 4.83. The molecule has 0 spiro atoms. The normalized spacial score (nSPS) is 11.3. The fraction of sp³-hybridized carbons (Fsp3) is 0.292. The summed E-state index contributed by atoms with van der Waals surface area (Å²) in [6, 6.07) is 17.4. The largest absolute Gasteiger partial charge is 0.486 e. The van der Waals surface area contributed by atoms with Crippen LogP contribution in [0.4, 0.5) is 5.69 Å². The minimum absolute atomic E-state index is 0.109. The van der Waals surface area contributed by atoms with Crippen LogP contribution in [0, 0.1) is 13.8 Å². The number of amides is 1. The van der Waals surface area contributed by atoms with Gasteiger partial charge in [0.2, 0.25) is 0 Å². The highest BCUT2D eigenvalue weighted by atomic mass is 16.5.